The van der Waals surface area contributed by atoms with E-state index in [4.69, 9.17) is 0 Å². The Labute approximate surface area is 194 Å². The van der Waals surface area contributed by atoms with Gasteiger partial charge in [0.25, 0.3) is 0 Å². The maximum absolute atomic E-state index is 12.5. The number of nitrogens with zero attached hydrogens (tertiary/aromatic N) is 3. The first-order chi connectivity index (χ1) is 15.2. The molecule has 2 aromatic carbocycles. The summed E-state index contributed by atoms with van der Waals surface area (Å²) in [7, 11) is 1.80. The van der Waals surface area contributed by atoms with Crippen molar-refractivity contribution in [2.24, 2.45) is 0 Å². The van der Waals surface area contributed by atoms with Crippen molar-refractivity contribution < 1.29 is 19.8 Å². The average molecular weight is 501 g/mol. The molecule has 0 radical (unpaired) electrons. The first-order valence-corrected chi connectivity index (χ1v) is 10.8. The van der Waals surface area contributed by atoms with Gasteiger partial charge >= 0.3 is 5.97 Å². The van der Waals surface area contributed by atoms with E-state index in [9.17, 15) is 19.8 Å². The van der Waals surface area contributed by atoms with Gasteiger partial charge in [-0.1, -0.05) is 24.3 Å². The van der Waals surface area contributed by atoms with Crippen LogP contribution in [0.4, 0.5) is 0 Å². The van der Waals surface area contributed by atoms with Gasteiger partial charge in [0.1, 0.15) is 11.8 Å². The Hall–Kier alpha value is -3.17. The number of aryl methyl sites for hydroxylation is 1. The van der Waals surface area contributed by atoms with Crippen LogP contribution in [-0.4, -0.2) is 56.4 Å². The van der Waals surface area contributed by atoms with Crippen LogP contribution in [-0.2, 0) is 22.6 Å². The van der Waals surface area contributed by atoms with E-state index in [0.717, 1.165) is 21.4 Å². The van der Waals surface area contributed by atoms with Crippen LogP contribution in [0.3, 0.4) is 0 Å². The number of phenolic OH excluding ortho intramolecular Hbond substituents is 1. The normalized spacial score (nSPS) is 12.0. The zero-order valence-electron chi connectivity index (χ0n) is 17.8. The number of amides is 1. The number of carbonyl (C=O) groups is 2. The minimum Gasteiger partial charge on any atom is -0.508 e. The third-order valence-corrected chi connectivity index (χ3v) is 5.63. The number of carboxylic acids is 1. The minimum atomic E-state index is -1.11. The summed E-state index contributed by atoms with van der Waals surface area (Å²) in [5.41, 5.74) is 3.44. The van der Waals surface area contributed by atoms with Crippen LogP contribution in [0.5, 0.6) is 5.75 Å². The molecule has 0 aliphatic heterocycles. The molecule has 1 heterocycles. The topological polar surface area (TPSA) is 108 Å². The number of likely N-dealkylation sites (N-methyl/N-ethyl adjacent to an activating group) is 1. The Kier molecular flexibility index (Phi) is 7.66. The summed E-state index contributed by atoms with van der Waals surface area (Å²) in [5, 5.41) is 26.0. The molecule has 0 aliphatic carbocycles. The number of benzene rings is 2. The predicted octanol–water partition coefficient (Wildman–Crippen LogP) is 2.89. The van der Waals surface area contributed by atoms with Crippen molar-refractivity contribution in [2.75, 3.05) is 13.6 Å². The highest BCUT2D eigenvalue weighted by molar-refractivity contribution is 9.10. The van der Waals surface area contributed by atoms with Gasteiger partial charge < -0.3 is 15.5 Å². The number of aliphatic carboxylic acids is 1. The van der Waals surface area contributed by atoms with Crippen LogP contribution in [0.1, 0.15) is 16.8 Å². The minimum absolute atomic E-state index is 0.0407. The van der Waals surface area contributed by atoms with Crippen molar-refractivity contribution in [1.82, 2.24) is 20.0 Å². The lowest BCUT2D eigenvalue weighted by molar-refractivity contribution is -0.141. The van der Waals surface area contributed by atoms with Crippen LogP contribution in [0, 0.1) is 6.92 Å². The van der Waals surface area contributed by atoms with Crippen LogP contribution < -0.4 is 5.32 Å². The summed E-state index contributed by atoms with van der Waals surface area (Å²) in [6.45, 7) is 2.44. The van der Waals surface area contributed by atoms with E-state index < -0.39 is 12.0 Å². The van der Waals surface area contributed by atoms with Crippen LogP contribution in [0.25, 0.3) is 5.69 Å². The maximum Gasteiger partial charge on any atom is 0.326 e. The van der Waals surface area contributed by atoms with Crippen molar-refractivity contribution in [1.29, 1.82) is 0 Å². The molecule has 0 saturated carbocycles. The maximum atomic E-state index is 12.5. The summed E-state index contributed by atoms with van der Waals surface area (Å²) < 4.78 is 2.72. The molecule has 3 rings (SSSR count). The van der Waals surface area contributed by atoms with Gasteiger partial charge in [-0.15, -0.1) is 0 Å². The Morgan fingerprint density at radius 3 is 2.53 bits per heavy atom. The molecule has 0 unspecified atom stereocenters. The van der Waals surface area contributed by atoms with Crippen LogP contribution >= 0.6 is 15.9 Å². The Morgan fingerprint density at radius 1 is 1.19 bits per heavy atom. The number of rotatable bonds is 9. The number of carboxylic acid groups (broad SMARTS) is 1. The van der Waals surface area contributed by atoms with Crippen molar-refractivity contribution in [3.63, 3.8) is 0 Å². The predicted molar refractivity (Wildman–Crippen MR) is 124 cm³/mol. The quantitative estimate of drug-likeness (QED) is 0.416. The third kappa shape index (κ3) is 6.18. The molecule has 0 fully saturated rings. The molecular formula is C23H25BrN4O4. The zero-order valence-corrected chi connectivity index (χ0v) is 19.4. The molecule has 8 nitrogen and oxygen atoms in total. The molecule has 0 aliphatic rings. The summed E-state index contributed by atoms with van der Waals surface area (Å²) >= 11 is 3.53. The molecule has 3 N–H and O–H groups in total. The second kappa shape index (κ2) is 10.4. The number of carbonyl (C=O) groups excluding carboxylic acids is 1. The molecular weight excluding hydrogens is 476 g/mol. The number of halogens is 1. The smallest absolute Gasteiger partial charge is 0.326 e. The number of nitrogens with one attached hydrogen (secondary N) is 1. The largest absolute Gasteiger partial charge is 0.508 e. The summed E-state index contributed by atoms with van der Waals surface area (Å²) in [4.78, 5) is 25.9. The number of phenols is 1. The third-order valence-electron chi connectivity index (χ3n) is 4.96. The summed E-state index contributed by atoms with van der Waals surface area (Å²) in [5.74, 6) is -1.39. The molecule has 0 spiro atoms. The van der Waals surface area contributed by atoms with Crippen molar-refractivity contribution >= 4 is 27.8 Å². The van der Waals surface area contributed by atoms with E-state index >= 15 is 0 Å². The number of hydrogen-bond donors (Lipinski definition) is 3. The highest BCUT2D eigenvalue weighted by Gasteiger charge is 2.21. The van der Waals surface area contributed by atoms with E-state index in [2.05, 4.69) is 26.3 Å². The van der Waals surface area contributed by atoms with Gasteiger partial charge in [-0.2, -0.15) is 5.10 Å². The van der Waals surface area contributed by atoms with Gasteiger partial charge in [0, 0.05) is 29.2 Å². The van der Waals surface area contributed by atoms with Gasteiger partial charge in [0.15, 0.2) is 0 Å². The first-order valence-electron chi connectivity index (χ1n) is 10.0. The van der Waals surface area contributed by atoms with E-state index in [-0.39, 0.29) is 24.6 Å². The lowest BCUT2D eigenvalue weighted by atomic mass is 10.1. The Balaban J connectivity index is 1.60. The van der Waals surface area contributed by atoms with Crippen molar-refractivity contribution in [3.05, 3.63) is 76.0 Å². The molecule has 3 aromatic rings. The van der Waals surface area contributed by atoms with E-state index in [1.807, 2.05) is 42.3 Å². The molecule has 9 heteroatoms. The zero-order chi connectivity index (χ0) is 23.3. The monoisotopic (exact) mass is 500 g/mol. The van der Waals surface area contributed by atoms with E-state index in [1.54, 1.807) is 23.9 Å². The number of aromatic nitrogens is 2. The van der Waals surface area contributed by atoms with Crippen LogP contribution in [0.2, 0.25) is 0 Å². The molecule has 1 aromatic heterocycles. The van der Waals surface area contributed by atoms with Crippen molar-refractivity contribution in [2.45, 2.75) is 25.9 Å². The highest BCUT2D eigenvalue weighted by Crippen LogP contribution is 2.21. The standard InChI is InChI=1S/C23H25BrN4O4/c1-15-17(13-28(26-15)21-6-4-3-5-19(21)24)12-27(2)14-22(30)25-20(23(31)32)11-16-7-9-18(29)10-8-16/h3-10,13,20,29H,11-12,14H2,1-2H3,(H,25,30)(H,31,32)/t20-/m0/s1. The molecule has 0 bridgehead atoms. The van der Waals surface area contributed by atoms with Gasteiger partial charge in [-0.25, -0.2) is 9.48 Å². The molecule has 1 amide bonds. The van der Waals surface area contributed by atoms with Gasteiger partial charge in [-0.3, -0.25) is 9.69 Å². The molecule has 168 valence electrons. The fourth-order valence-corrected chi connectivity index (χ4v) is 3.78. The second-order valence-corrected chi connectivity index (χ2v) is 8.49. The van der Waals surface area contributed by atoms with E-state index in [0.29, 0.717) is 12.1 Å². The fraction of sp³-hybridized carbons (Fsp3) is 0.261. The second-order valence-electron chi connectivity index (χ2n) is 7.64. The molecule has 1 atom stereocenters. The summed E-state index contributed by atoms with van der Waals surface area (Å²) in [6.07, 6.45) is 2.05. The average Bonchev–Trinajstić information content (AvgIpc) is 3.09. The van der Waals surface area contributed by atoms with Gasteiger partial charge in [-0.05, 0) is 59.7 Å². The van der Waals surface area contributed by atoms with Crippen molar-refractivity contribution in [3.8, 4) is 11.4 Å². The van der Waals surface area contributed by atoms with Gasteiger partial charge in [0.2, 0.25) is 5.91 Å². The summed E-state index contributed by atoms with van der Waals surface area (Å²) in [6, 6.07) is 13.0. The first kappa shape index (κ1) is 23.5. The molecule has 32 heavy (non-hydrogen) atoms. The Bertz CT molecular complexity index is 1100. The number of para-hydroxylation sites is 1. The van der Waals surface area contributed by atoms with Gasteiger partial charge in [0.05, 0.1) is 17.9 Å². The lowest BCUT2D eigenvalue weighted by Crippen LogP contribution is -2.46. The Morgan fingerprint density at radius 2 is 1.88 bits per heavy atom. The molecule has 0 saturated heterocycles. The highest BCUT2D eigenvalue weighted by atomic mass is 79.9. The number of aromatic hydroxyl groups is 1. The lowest BCUT2D eigenvalue weighted by Gasteiger charge is -2.19. The fourth-order valence-electron chi connectivity index (χ4n) is 3.31. The number of hydrogen-bond acceptors (Lipinski definition) is 5. The van der Waals surface area contributed by atoms with E-state index in [1.165, 1.54) is 12.1 Å². The van der Waals surface area contributed by atoms with Crippen LogP contribution in [0.15, 0.2) is 59.2 Å². The SMILES string of the molecule is Cc1nn(-c2ccccc2Br)cc1CN(C)CC(=O)N[C@@H](Cc1ccc(O)cc1)C(=O)O.